The summed E-state index contributed by atoms with van der Waals surface area (Å²) in [5, 5.41) is 25.4. The quantitative estimate of drug-likeness (QED) is 0.353. The molecule has 12 heavy (non-hydrogen) atoms. The average Bonchev–Trinajstić information content (AvgIpc) is 2.06. The van der Waals surface area contributed by atoms with Crippen LogP contribution < -0.4 is 0 Å². The van der Waals surface area contributed by atoms with Gasteiger partial charge in [0.05, 0.1) is 12.5 Å². The van der Waals surface area contributed by atoms with Gasteiger partial charge in [0.1, 0.15) is 0 Å². The maximum absolute atomic E-state index is 10.9. The Morgan fingerprint density at radius 1 is 1.33 bits per heavy atom. The Morgan fingerprint density at radius 2 is 2.00 bits per heavy atom. The third-order valence-corrected chi connectivity index (χ3v) is 1.47. The SMILES string of the molecule is O=C(OCO)C(CO)CCCO. The normalized spacial score (nSPS) is 12.6. The number of aliphatic hydroxyl groups is 3. The van der Waals surface area contributed by atoms with Gasteiger partial charge in [0.25, 0.3) is 0 Å². The average molecular weight is 178 g/mol. The molecule has 5 nitrogen and oxygen atoms in total. The fourth-order valence-corrected chi connectivity index (χ4v) is 0.803. The predicted octanol–water partition coefficient (Wildman–Crippen LogP) is -1.14. The fourth-order valence-electron chi connectivity index (χ4n) is 0.803. The molecule has 0 aromatic carbocycles. The maximum atomic E-state index is 10.9. The van der Waals surface area contributed by atoms with Crippen molar-refractivity contribution in [2.75, 3.05) is 20.0 Å². The van der Waals surface area contributed by atoms with E-state index >= 15 is 0 Å². The summed E-state index contributed by atoms with van der Waals surface area (Å²) >= 11 is 0. The molecule has 5 heteroatoms. The zero-order valence-electron chi connectivity index (χ0n) is 6.77. The molecule has 0 rings (SSSR count). The summed E-state index contributed by atoms with van der Waals surface area (Å²) in [6.07, 6.45) is 0.803. The Bertz CT molecular complexity index is 125. The van der Waals surface area contributed by atoms with Gasteiger partial charge in [-0.3, -0.25) is 4.79 Å². The van der Waals surface area contributed by atoms with Crippen LogP contribution in [0.5, 0.6) is 0 Å². The molecule has 0 aliphatic rings. The molecule has 0 aromatic rings. The van der Waals surface area contributed by atoms with Crippen LogP contribution in [0.2, 0.25) is 0 Å². The van der Waals surface area contributed by atoms with E-state index in [1.807, 2.05) is 0 Å². The molecule has 1 atom stereocenters. The lowest BCUT2D eigenvalue weighted by Crippen LogP contribution is -2.21. The molecule has 0 aliphatic heterocycles. The highest BCUT2D eigenvalue weighted by Crippen LogP contribution is 2.07. The summed E-state index contributed by atoms with van der Waals surface area (Å²) in [5.74, 6) is -1.27. The summed E-state index contributed by atoms with van der Waals surface area (Å²) in [7, 11) is 0. The number of carbonyl (C=O) groups excluding carboxylic acids is 1. The summed E-state index contributed by atoms with van der Waals surface area (Å²) < 4.78 is 4.27. The largest absolute Gasteiger partial charge is 0.438 e. The molecule has 72 valence electrons. The molecule has 0 saturated heterocycles. The first-order valence-corrected chi connectivity index (χ1v) is 3.75. The van der Waals surface area contributed by atoms with E-state index in [0.29, 0.717) is 12.8 Å². The second-order valence-electron chi connectivity index (χ2n) is 2.34. The van der Waals surface area contributed by atoms with Gasteiger partial charge in [-0.25, -0.2) is 0 Å². The van der Waals surface area contributed by atoms with E-state index < -0.39 is 18.7 Å². The predicted molar refractivity (Wildman–Crippen MR) is 40.1 cm³/mol. The van der Waals surface area contributed by atoms with Crippen LogP contribution >= 0.6 is 0 Å². The van der Waals surface area contributed by atoms with Gasteiger partial charge in [0, 0.05) is 6.61 Å². The highest BCUT2D eigenvalue weighted by molar-refractivity contribution is 5.72. The number of hydrogen-bond donors (Lipinski definition) is 3. The Balaban J connectivity index is 3.71. The minimum absolute atomic E-state index is 0.0249. The van der Waals surface area contributed by atoms with Crippen LogP contribution in [0.1, 0.15) is 12.8 Å². The second-order valence-corrected chi connectivity index (χ2v) is 2.34. The van der Waals surface area contributed by atoms with Crippen LogP contribution in [0.25, 0.3) is 0 Å². The highest BCUT2D eigenvalue weighted by atomic mass is 16.6. The fraction of sp³-hybridized carbons (Fsp3) is 0.857. The summed E-state index contributed by atoms with van der Waals surface area (Å²) in [6.45, 7) is -1.02. The van der Waals surface area contributed by atoms with Crippen molar-refractivity contribution in [1.82, 2.24) is 0 Å². The zero-order valence-corrected chi connectivity index (χ0v) is 6.77. The lowest BCUT2D eigenvalue weighted by Gasteiger charge is -2.10. The molecule has 0 aliphatic carbocycles. The van der Waals surface area contributed by atoms with E-state index in [2.05, 4.69) is 4.74 Å². The van der Waals surface area contributed by atoms with E-state index in [-0.39, 0.29) is 13.2 Å². The Morgan fingerprint density at radius 3 is 2.42 bits per heavy atom. The first-order valence-electron chi connectivity index (χ1n) is 3.75. The maximum Gasteiger partial charge on any atom is 0.313 e. The van der Waals surface area contributed by atoms with Crippen LogP contribution in [-0.4, -0.2) is 41.3 Å². The molecule has 0 spiro atoms. The molecule has 0 fully saturated rings. The smallest absolute Gasteiger partial charge is 0.313 e. The number of aliphatic hydroxyl groups excluding tert-OH is 3. The van der Waals surface area contributed by atoms with Gasteiger partial charge in [-0.15, -0.1) is 0 Å². The van der Waals surface area contributed by atoms with Crippen LogP contribution in [0.3, 0.4) is 0 Å². The molecule has 0 saturated carbocycles. The summed E-state index contributed by atoms with van der Waals surface area (Å²) in [6, 6.07) is 0. The van der Waals surface area contributed by atoms with Crippen LogP contribution in [-0.2, 0) is 9.53 Å². The molecular weight excluding hydrogens is 164 g/mol. The zero-order chi connectivity index (χ0) is 9.40. The second kappa shape index (κ2) is 7.02. The van der Waals surface area contributed by atoms with Crippen molar-refractivity contribution >= 4 is 5.97 Å². The van der Waals surface area contributed by atoms with E-state index in [1.165, 1.54) is 0 Å². The Labute approximate surface area is 70.6 Å². The minimum Gasteiger partial charge on any atom is -0.438 e. The van der Waals surface area contributed by atoms with E-state index in [4.69, 9.17) is 15.3 Å². The number of esters is 1. The van der Waals surface area contributed by atoms with Crippen molar-refractivity contribution < 1.29 is 24.9 Å². The van der Waals surface area contributed by atoms with E-state index in [1.54, 1.807) is 0 Å². The van der Waals surface area contributed by atoms with Gasteiger partial charge in [-0.2, -0.15) is 0 Å². The van der Waals surface area contributed by atoms with Gasteiger partial charge in [-0.1, -0.05) is 0 Å². The first kappa shape index (κ1) is 11.4. The molecule has 0 amide bonds. The lowest BCUT2D eigenvalue weighted by atomic mass is 10.1. The molecule has 1 unspecified atom stereocenters. The Kier molecular flexibility index (Phi) is 6.64. The lowest BCUT2D eigenvalue weighted by molar-refractivity contribution is -0.158. The van der Waals surface area contributed by atoms with Crippen molar-refractivity contribution in [3.8, 4) is 0 Å². The Hall–Kier alpha value is -0.650. The topological polar surface area (TPSA) is 87.0 Å². The van der Waals surface area contributed by atoms with Crippen molar-refractivity contribution in [3.63, 3.8) is 0 Å². The molecule has 3 N–H and O–H groups in total. The van der Waals surface area contributed by atoms with E-state index in [0.717, 1.165) is 0 Å². The van der Waals surface area contributed by atoms with Crippen LogP contribution in [0, 0.1) is 5.92 Å². The van der Waals surface area contributed by atoms with Crippen LogP contribution in [0.4, 0.5) is 0 Å². The highest BCUT2D eigenvalue weighted by Gasteiger charge is 2.17. The monoisotopic (exact) mass is 178 g/mol. The molecular formula is C7H14O5. The number of carbonyl (C=O) groups is 1. The minimum atomic E-state index is -0.672. The van der Waals surface area contributed by atoms with Gasteiger partial charge in [0.2, 0.25) is 0 Å². The van der Waals surface area contributed by atoms with E-state index in [9.17, 15) is 4.79 Å². The van der Waals surface area contributed by atoms with Crippen molar-refractivity contribution in [3.05, 3.63) is 0 Å². The number of hydrogen-bond acceptors (Lipinski definition) is 5. The molecule has 0 heterocycles. The van der Waals surface area contributed by atoms with Crippen LogP contribution in [0.15, 0.2) is 0 Å². The third-order valence-electron chi connectivity index (χ3n) is 1.47. The summed E-state index contributed by atoms with van der Waals surface area (Å²) in [4.78, 5) is 10.9. The number of rotatable bonds is 6. The standard InChI is InChI=1S/C7H14O5/c8-3-1-2-6(4-9)7(11)12-5-10/h6,8-10H,1-5H2. The molecule has 0 aromatic heterocycles. The van der Waals surface area contributed by atoms with Gasteiger partial charge >= 0.3 is 5.97 Å². The molecule has 0 radical (unpaired) electrons. The molecule has 0 bridgehead atoms. The van der Waals surface area contributed by atoms with Gasteiger partial charge in [0.15, 0.2) is 6.79 Å². The van der Waals surface area contributed by atoms with Crippen molar-refractivity contribution in [1.29, 1.82) is 0 Å². The van der Waals surface area contributed by atoms with Crippen molar-refractivity contribution in [2.45, 2.75) is 12.8 Å². The van der Waals surface area contributed by atoms with Crippen molar-refractivity contribution in [2.24, 2.45) is 5.92 Å². The first-order chi connectivity index (χ1) is 5.76. The number of ether oxygens (including phenoxy) is 1. The van der Waals surface area contributed by atoms with Gasteiger partial charge < -0.3 is 20.1 Å². The van der Waals surface area contributed by atoms with Gasteiger partial charge in [-0.05, 0) is 12.8 Å². The summed E-state index contributed by atoms with van der Waals surface area (Å²) in [5.41, 5.74) is 0. The third kappa shape index (κ3) is 4.27.